The van der Waals surface area contributed by atoms with Crippen LogP contribution in [0.1, 0.15) is 12.5 Å². The summed E-state index contributed by atoms with van der Waals surface area (Å²) in [6.07, 6.45) is -23.0. The van der Waals surface area contributed by atoms with E-state index in [9.17, 15) is 66.1 Å². The zero-order valence-corrected chi connectivity index (χ0v) is 37.1. The van der Waals surface area contributed by atoms with Crippen LogP contribution in [-0.4, -0.2) is 194 Å². The molecule has 3 aromatic carbocycles. The number of aromatic hydroxyl groups is 3. The molecule has 24 nitrogen and oxygen atoms in total. The summed E-state index contributed by atoms with van der Waals surface area (Å²) in [6, 6.07) is 10.5. The molecule has 376 valence electrons. The molecule has 4 heterocycles. The summed E-state index contributed by atoms with van der Waals surface area (Å²) in [7, 11) is 3.88. The van der Waals surface area contributed by atoms with Crippen molar-refractivity contribution in [2.24, 2.45) is 0 Å². The van der Waals surface area contributed by atoms with Crippen LogP contribution < -0.4 is 23.7 Å². The normalized spacial score (nSPS) is 31.6. The van der Waals surface area contributed by atoms with Gasteiger partial charge in [-0.2, -0.15) is 0 Å². The minimum atomic E-state index is -1.99. The molecule has 24 heteroatoms. The summed E-state index contributed by atoms with van der Waals surface area (Å²) in [5, 5.41) is 128. The van der Waals surface area contributed by atoms with Crippen molar-refractivity contribution >= 4 is 23.0 Å². The second kappa shape index (κ2) is 21.4. The fourth-order valence-corrected chi connectivity index (χ4v) is 7.78. The molecule has 0 radical (unpaired) electrons. The highest BCUT2D eigenvalue weighted by Gasteiger charge is 2.50. The molecule has 3 aliphatic heterocycles. The molecule has 69 heavy (non-hydrogen) atoms. The first-order chi connectivity index (χ1) is 32.9. The lowest BCUT2D eigenvalue weighted by Crippen LogP contribution is -2.62. The van der Waals surface area contributed by atoms with Crippen LogP contribution in [0.5, 0.6) is 46.0 Å². The molecule has 0 bridgehead atoms. The monoisotopic (exact) mass is 977 g/mol. The molecule has 0 amide bonds. The fraction of sp³-hybridized carbons (Fsp3) is 0.467. The van der Waals surface area contributed by atoms with Gasteiger partial charge in [0, 0.05) is 30.3 Å². The third-order valence-electron chi connectivity index (χ3n) is 11.6. The summed E-state index contributed by atoms with van der Waals surface area (Å²) in [5.41, 5.74) is 0.446. The average molecular weight is 978 g/mol. The number of hydrogen-bond donors (Lipinski definition) is 12. The van der Waals surface area contributed by atoms with Crippen molar-refractivity contribution in [2.75, 3.05) is 34.5 Å². The van der Waals surface area contributed by atoms with Gasteiger partial charge in [-0.15, -0.1) is 0 Å². The van der Waals surface area contributed by atoms with E-state index in [-0.39, 0.29) is 56.8 Å². The van der Waals surface area contributed by atoms with Crippen LogP contribution in [0.25, 0.3) is 28.4 Å². The third-order valence-corrected chi connectivity index (χ3v) is 11.6. The molecule has 0 spiro atoms. The highest BCUT2D eigenvalue weighted by molar-refractivity contribution is 5.89. The Morgan fingerprint density at radius 1 is 0.652 bits per heavy atom. The van der Waals surface area contributed by atoms with Crippen LogP contribution in [0.15, 0.2) is 59.0 Å². The summed E-state index contributed by atoms with van der Waals surface area (Å²) in [6.45, 7) is -0.0151. The Morgan fingerprint density at radius 2 is 1.25 bits per heavy atom. The SMILES string of the molecule is COc1cc(/C=C/C(=O)O[C@@H]2[C@@H](O)[C@@H](O)[C@H](OC[C@H]3O[C@@H](Oc4cc5c(O[C@@H]6O[C@H](CO)[C@@H](O)[C@H](O)[C@H]6O)cc(O)cc5[o+]c4-c4cc(OC)c(O)c(OC)c4)[C@H](O)[C@@H](O)[C@@H]3O)O[C@H]2C)ccc1O. The van der Waals surface area contributed by atoms with Crippen molar-refractivity contribution in [1.82, 2.24) is 0 Å². The molecule has 4 aromatic rings. The molecule has 15 atom stereocenters. The molecule has 7 rings (SSSR count). The standard InChI is InChI=1S/C45H52O24/c1-17-41(69-31(49)8-6-18-5-7-22(48)25(9-18)59-2)37(55)40(58)43(63-17)62-16-30-34(52)36(54)39(57)45(68-30)66-28-14-21-23(64-42(28)19-10-26(60-3)32(50)27(11-19)61-4)12-20(47)13-24(21)65-44-38(56)35(53)33(51)29(15-46)67-44/h5-14,17,29-30,33-41,43-46,51-58H,15-16H2,1-4H3,(H2-,47,48,49,50)/p+1/t17-,29+,30+,33+,34+,35-,36-,37-,38+,39+,40+,41-,43+,44+,45+/m0/s1. The number of phenols is 3. The molecule has 0 aliphatic carbocycles. The number of phenolic OH excluding ortho intramolecular Hbond substituents is 3. The predicted molar refractivity (Wildman–Crippen MR) is 230 cm³/mol. The Labute approximate surface area is 391 Å². The van der Waals surface area contributed by atoms with E-state index < -0.39 is 123 Å². The van der Waals surface area contributed by atoms with E-state index >= 15 is 0 Å². The highest BCUT2D eigenvalue weighted by atomic mass is 16.7. The second-order valence-corrected chi connectivity index (χ2v) is 16.2. The molecule has 0 unspecified atom stereocenters. The molecule has 3 saturated heterocycles. The number of aliphatic hydroxyl groups is 9. The lowest BCUT2D eigenvalue weighted by molar-refractivity contribution is -0.319. The smallest absolute Gasteiger partial charge is 0.402 e. The van der Waals surface area contributed by atoms with Gasteiger partial charge < -0.3 is 109 Å². The van der Waals surface area contributed by atoms with Gasteiger partial charge in [-0.3, -0.25) is 0 Å². The first-order valence-corrected chi connectivity index (χ1v) is 21.2. The third kappa shape index (κ3) is 10.7. The molecule has 3 fully saturated rings. The number of carbonyl (C=O) groups excluding carboxylic acids is 1. The number of benzene rings is 3. The maximum Gasteiger partial charge on any atom is 0.402 e. The minimum absolute atomic E-state index is 0.0267. The Morgan fingerprint density at radius 3 is 1.87 bits per heavy atom. The van der Waals surface area contributed by atoms with E-state index in [0.29, 0.717) is 5.56 Å². The summed E-state index contributed by atoms with van der Waals surface area (Å²) >= 11 is 0. The lowest BCUT2D eigenvalue weighted by atomic mass is 9.98. The maximum atomic E-state index is 12.7. The number of rotatable bonds is 15. The summed E-state index contributed by atoms with van der Waals surface area (Å²) in [4.78, 5) is 12.7. The number of ether oxygens (including phenoxy) is 10. The van der Waals surface area contributed by atoms with Gasteiger partial charge in [-0.05, 0) is 30.7 Å². The first-order valence-electron chi connectivity index (χ1n) is 21.2. The molecule has 12 N–H and O–H groups in total. The Kier molecular flexibility index (Phi) is 15.8. The Hall–Kier alpha value is -5.84. The fourth-order valence-electron chi connectivity index (χ4n) is 7.78. The largest absolute Gasteiger partial charge is 0.507 e. The van der Waals surface area contributed by atoms with Gasteiger partial charge in [-0.1, -0.05) is 6.07 Å². The summed E-state index contributed by atoms with van der Waals surface area (Å²) in [5.74, 6) is -2.68. The number of methoxy groups -OCH3 is 3. The average Bonchev–Trinajstić information content (AvgIpc) is 3.33. The van der Waals surface area contributed by atoms with Crippen molar-refractivity contribution in [3.63, 3.8) is 0 Å². The molecular weight excluding hydrogens is 924 g/mol. The van der Waals surface area contributed by atoms with Gasteiger partial charge >= 0.3 is 17.3 Å². The van der Waals surface area contributed by atoms with Gasteiger partial charge in [0.25, 0.3) is 0 Å². The van der Waals surface area contributed by atoms with Crippen LogP contribution in [-0.2, 0) is 28.5 Å². The van der Waals surface area contributed by atoms with Gasteiger partial charge in [-0.25, -0.2) is 9.21 Å². The number of fused-ring (bicyclic) bond motifs is 1. The van der Waals surface area contributed by atoms with E-state index in [4.69, 9.17) is 51.8 Å². The zero-order chi connectivity index (χ0) is 50.0. The van der Waals surface area contributed by atoms with E-state index in [1.54, 1.807) is 0 Å². The van der Waals surface area contributed by atoms with Crippen molar-refractivity contribution in [3.05, 3.63) is 60.2 Å². The minimum Gasteiger partial charge on any atom is -0.507 e. The van der Waals surface area contributed by atoms with Crippen molar-refractivity contribution in [2.45, 2.75) is 99.0 Å². The van der Waals surface area contributed by atoms with Gasteiger partial charge in [0.1, 0.15) is 77.9 Å². The van der Waals surface area contributed by atoms with E-state index in [0.717, 1.165) is 18.2 Å². The van der Waals surface area contributed by atoms with E-state index in [1.165, 1.54) is 70.7 Å². The van der Waals surface area contributed by atoms with Crippen molar-refractivity contribution < 1.29 is 118 Å². The van der Waals surface area contributed by atoms with Crippen LogP contribution >= 0.6 is 0 Å². The van der Waals surface area contributed by atoms with Crippen LogP contribution in [0.4, 0.5) is 0 Å². The van der Waals surface area contributed by atoms with E-state index in [2.05, 4.69) is 0 Å². The van der Waals surface area contributed by atoms with Crippen molar-refractivity contribution in [1.29, 1.82) is 0 Å². The number of hydrogen-bond acceptors (Lipinski definition) is 23. The van der Waals surface area contributed by atoms with Crippen LogP contribution in [0.3, 0.4) is 0 Å². The van der Waals surface area contributed by atoms with E-state index in [1.807, 2.05) is 0 Å². The van der Waals surface area contributed by atoms with Crippen LogP contribution in [0, 0.1) is 0 Å². The highest BCUT2D eigenvalue weighted by Crippen LogP contribution is 2.46. The van der Waals surface area contributed by atoms with Gasteiger partial charge in [0.15, 0.2) is 35.4 Å². The number of esters is 1. The van der Waals surface area contributed by atoms with Crippen molar-refractivity contribution in [3.8, 4) is 57.3 Å². The summed E-state index contributed by atoms with van der Waals surface area (Å²) < 4.78 is 62.3. The first kappa shape index (κ1) is 51.0. The molecule has 1 aromatic heterocycles. The topological polar surface area (TPSA) is 363 Å². The predicted octanol–water partition coefficient (Wildman–Crippen LogP) is -1.00. The molecular formula is C45H53O24+. The number of aliphatic hydroxyl groups excluding tert-OH is 9. The lowest BCUT2D eigenvalue weighted by Gasteiger charge is -2.42. The second-order valence-electron chi connectivity index (χ2n) is 16.2. The molecule has 0 saturated carbocycles. The number of carbonyl (C=O) groups is 1. The quantitative estimate of drug-likeness (QED) is 0.0386. The molecule has 3 aliphatic rings. The Bertz CT molecular complexity index is 2440. The van der Waals surface area contributed by atoms with Gasteiger partial charge in [0.2, 0.25) is 24.1 Å². The maximum absolute atomic E-state index is 12.7. The zero-order valence-electron chi connectivity index (χ0n) is 37.1. The Balaban J connectivity index is 1.13. The van der Waals surface area contributed by atoms with Crippen LogP contribution in [0.2, 0.25) is 0 Å². The van der Waals surface area contributed by atoms with Gasteiger partial charge in [0.05, 0.1) is 52.3 Å².